The second-order valence-electron chi connectivity index (χ2n) is 4.48. The van der Waals surface area contributed by atoms with Crippen molar-refractivity contribution in [2.75, 3.05) is 17.3 Å². The number of hydrogen-bond donors (Lipinski definition) is 2. The molecule has 0 aliphatic heterocycles. The van der Waals surface area contributed by atoms with E-state index in [0.29, 0.717) is 0 Å². The molecule has 100 valence electrons. The zero-order valence-electron chi connectivity index (χ0n) is 11.1. The minimum Gasteiger partial charge on any atom is -0.398 e. The lowest BCUT2D eigenvalue weighted by atomic mass is 10.1. The van der Waals surface area contributed by atoms with Crippen molar-refractivity contribution < 1.29 is 0 Å². The van der Waals surface area contributed by atoms with Crippen LogP contribution in [0.15, 0.2) is 59.8 Å². The van der Waals surface area contributed by atoms with Gasteiger partial charge in [-0.25, -0.2) is 0 Å². The van der Waals surface area contributed by atoms with Crippen LogP contribution in [-0.4, -0.2) is 11.2 Å². The maximum absolute atomic E-state index is 5.99. The highest BCUT2D eigenvalue weighted by Gasteiger charge is 2.04. The first-order chi connectivity index (χ1) is 9.78. The van der Waals surface area contributed by atoms with Crippen molar-refractivity contribution in [1.82, 2.24) is 4.98 Å². The summed E-state index contributed by atoms with van der Waals surface area (Å²) >= 11 is 1.73. The number of anilines is 3. The SMILES string of the molecule is CSc1cccc(Nc2ccc(N)c3cnccc23)c1. The minimum atomic E-state index is 0.747. The Kier molecular flexibility index (Phi) is 3.48. The fourth-order valence-electron chi connectivity index (χ4n) is 2.18. The summed E-state index contributed by atoms with van der Waals surface area (Å²) in [6.45, 7) is 0. The van der Waals surface area contributed by atoms with Crippen molar-refractivity contribution >= 4 is 39.6 Å². The first kappa shape index (κ1) is 12.8. The van der Waals surface area contributed by atoms with Crippen LogP contribution in [-0.2, 0) is 0 Å². The average molecular weight is 281 g/mol. The number of benzene rings is 2. The Hall–Kier alpha value is -2.20. The van der Waals surface area contributed by atoms with E-state index < -0.39 is 0 Å². The normalized spacial score (nSPS) is 10.7. The maximum atomic E-state index is 5.99. The van der Waals surface area contributed by atoms with Gasteiger partial charge in [-0.05, 0) is 42.7 Å². The lowest BCUT2D eigenvalue weighted by Gasteiger charge is -2.11. The molecule has 1 aromatic heterocycles. The van der Waals surface area contributed by atoms with Crippen molar-refractivity contribution in [1.29, 1.82) is 0 Å². The molecule has 0 bridgehead atoms. The van der Waals surface area contributed by atoms with E-state index in [9.17, 15) is 0 Å². The van der Waals surface area contributed by atoms with Crippen LogP contribution >= 0.6 is 11.8 Å². The molecule has 0 radical (unpaired) electrons. The molecule has 0 saturated carbocycles. The van der Waals surface area contributed by atoms with Gasteiger partial charge in [-0.1, -0.05) is 6.07 Å². The largest absolute Gasteiger partial charge is 0.398 e. The topological polar surface area (TPSA) is 50.9 Å². The second-order valence-corrected chi connectivity index (χ2v) is 5.36. The summed E-state index contributed by atoms with van der Waals surface area (Å²) in [7, 11) is 0. The van der Waals surface area contributed by atoms with E-state index in [4.69, 9.17) is 5.73 Å². The number of nitrogens with one attached hydrogen (secondary N) is 1. The molecule has 0 spiro atoms. The molecule has 3 rings (SSSR count). The molecule has 3 aromatic rings. The highest BCUT2D eigenvalue weighted by Crippen LogP contribution is 2.30. The van der Waals surface area contributed by atoms with Crippen LogP contribution < -0.4 is 11.1 Å². The molecule has 3 N–H and O–H groups in total. The Labute approximate surface area is 122 Å². The Morgan fingerprint density at radius 1 is 1.10 bits per heavy atom. The molecule has 0 amide bonds. The van der Waals surface area contributed by atoms with E-state index in [2.05, 4.69) is 40.8 Å². The molecule has 1 heterocycles. The average Bonchev–Trinajstić information content (AvgIpc) is 2.51. The van der Waals surface area contributed by atoms with Crippen LogP contribution in [0, 0.1) is 0 Å². The number of fused-ring (bicyclic) bond motifs is 1. The summed E-state index contributed by atoms with van der Waals surface area (Å²) in [5.74, 6) is 0. The van der Waals surface area contributed by atoms with E-state index >= 15 is 0 Å². The quantitative estimate of drug-likeness (QED) is 0.555. The number of aromatic nitrogens is 1. The highest BCUT2D eigenvalue weighted by atomic mass is 32.2. The smallest absolute Gasteiger partial charge is 0.0466 e. The van der Waals surface area contributed by atoms with E-state index in [1.54, 1.807) is 24.2 Å². The van der Waals surface area contributed by atoms with Crippen molar-refractivity contribution in [3.8, 4) is 0 Å². The van der Waals surface area contributed by atoms with Gasteiger partial charge in [0.2, 0.25) is 0 Å². The predicted molar refractivity (Wildman–Crippen MR) is 87.7 cm³/mol. The van der Waals surface area contributed by atoms with Gasteiger partial charge in [0.15, 0.2) is 0 Å². The molecule has 0 aliphatic carbocycles. The maximum Gasteiger partial charge on any atom is 0.0466 e. The number of nitrogen functional groups attached to an aromatic ring is 1. The number of thioether (sulfide) groups is 1. The summed E-state index contributed by atoms with van der Waals surface area (Å²) in [5, 5.41) is 5.50. The Morgan fingerprint density at radius 2 is 2.00 bits per heavy atom. The molecule has 3 nitrogen and oxygen atoms in total. The first-order valence-corrected chi connectivity index (χ1v) is 7.53. The molecule has 4 heteroatoms. The van der Waals surface area contributed by atoms with Crippen molar-refractivity contribution in [2.45, 2.75) is 4.90 Å². The Bertz CT molecular complexity index is 756. The Morgan fingerprint density at radius 3 is 2.85 bits per heavy atom. The standard InChI is InChI=1S/C16H15N3S/c1-20-12-4-2-3-11(9-12)19-16-6-5-15(17)14-10-18-8-7-13(14)16/h2-10,19H,17H2,1H3. The van der Waals surface area contributed by atoms with Crippen molar-refractivity contribution in [3.63, 3.8) is 0 Å². The third kappa shape index (κ3) is 2.42. The zero-order valence-corrected chi connectivity index (χ0v) is 11.9. The molecule has 20 heavy (non-hydrogen) atoms. The van der Waals surface area contributed by atoms with E-state index in [-0.39, 0.29) is 0 Å². The van der Waals surface area contributed by atoms with Gasteiger partial charge in [0, 0.05) is 45.1 Å². The summed E-state index contributed by atoms with van der Waals surface area (Å²) in [4.78, 5) is 5.37. The van der Waals surface area contributed by atoms with Gasteiger partial charge in [0.1, 0.15) is 0 Å². The van der Waals surface area contributed by atoms with E-state index in [1.807, 2.05) is 18.2 Å². The molecular weight excluding hydrogens is 266 g/mol. The van der Waals surface area contributed by atoms with Gasteiger partial charge in [-0.15, -0.1) is 11.8 Å². The van der Waals surface area contributed by atoms with Gasteiger partial charge in [-0.2, -0.15) is 0 Å². The minimum absolute atomic E-state index is 0.747. The van der Waals surface area contributed by atoms with Crippen LogP contribution in [0.3, 0.4) is 0 Å². The number of rotatable bonds is 3. The predicted octanol–water partition coefficient (Wildman–Crippen LogP) is 4.28. The van der Waals surface area contributed by atoms with Gasteiger partial charge >= 0.3 is 0 Å². The fourth-order valence-corrected chi connectivity index (χ4v) is 2.64. The lowest BCUT2D eigenvalue weighted by molar-refractivity contribution is 1.36. The van der Waals surface area contributed by atoms with Crippen LogP contribution in [0.25, 0.3) is 10.8 Å². The molecule has 0 aliphatic rings. The molecule has 2 aromatic carbocycles. The first-order valence-electron chi connectivity index (χ1n) is 6.31. The van der Waals surface area contributed by atoms with Crippen molar-refractivity contribution in [3.05, 3.63) is 54.9 Å². The van der Waals surface area contributed by atoms with Crippen LogP contribution in [0.4, 0.5) is 17.1 Å². The van der Waals surface area contributed by atoms with Crippen molar-refractivity contribution in [2.24, 2.45) is 0 Å². The molecule has 0 atom stereocenters. The summed E-state index contributed by atoms with van der Waals surface area (Å²) in [6, 6.07) is 14.2. The number of nitrogens with two attached hydrogens (primary N) is 1. The molecule has 0 fully saturated rings. The van der Waals surface area contributed by atoms with Crippen LogP contribution in [0.2, 0.25) is 0 Å². The fraction of sp³-hybridized carbons (Fsp3) is 0.0625. The third-order valence-electron chi connectivity index (χ3n) is 3.20. The lowest BCUT2D eigenvalue weighted by Crippen LogP contribution is -1.94. The number of hydrogen-bond acceptors (Lipinski definition) is 4. The summed E-state index contributed by atoms with van der Waals surface area (Å²) in [6.07, 6.45) is 5.66. The molecule has 0 saturated heterocycles. The van der Waals surface area contributed by atoms with E-state index in [0.717, 1.165) is 27.8 Å². The number of nitrogens with zero attached hydrogens (tertiary/aromatic N) is 1. The third-order valence-corrected chi connectivity index (χ3v) is 3.93. The second kappa shape index (κ2) is 5.43. The van der Waals surface area contributed by atoms with Crippen LogP contribution in [0.1, 0.15) is 0 Å². The van der Waals surface area contributed by atoms with Crippen LogP contribution in [0.5, 0.6) is 0 Å². The molecule has 0 unspecified atom stereocenters. The monoisotopic (exact) mass is 281 g/mol. The zero-order chi connectivity index (χ0) is 13.9. The van der Waals surface area contributed by atoms with E-state index in [1.165, 1.54) is 4.90 Å². The Balaban J connectivity index is 2.04. The van der Waals surface area contributed by atoms with Gasteiger partial charge < -0.3 is 11.1 Å². The van der Waals surface area contributed by atoms with Gasteiger partial charge in [0.25, 0.3) is 0 Å². The molecular formula is C16H15N3S. The summed E-state index contributed by atoms with van der Waals surface area (Å²) in [5.41, 5.74) is 8.85. The number of pyridine rings is 1. The van der Waals surface area contributed by atoms with Gasteiger partial charge in [0.05, 0.1) is 0 Å². The van der Waals surface area contributed by atoms with Gasteiger partial charge in [-0.3, -0.25) is 4.98 Å². The summed E-state index contributed by atoms with van der Waals surface area (Å²) < 4.78 is 0. The highest BCUT2D eigenvalue weighted by molar-refractivity contribution is 7.98.